The Balaban J connectivity index is 2.01. The van der Waals surface area contributed by atoms with Crippen LogP contribution in [0.1, 0.15) is 26.3 Å². The fraction of sp³-hybridized carbons (Fsp3) is 0.176. The molecule has 26 heavy (non-hydrogen) atoms. The highest BCUT2D eigenvalue weighted by Gasteiger charge is 2.26. The van der Waals surface area contributed by atoms with Gasteiger partial charge in [-0.1, -0.05) is 12.1 Å². The molecular formula is C17H14F2O6S. The van der Waals surface area contributed by atoms with Crippen molar-refractivity contribution < 1.29 is 36.3 Å². The average Bonchev–Trinajstić information content (AvgIpc) is 2.65. The van der Waals surface area contributed by atoms with Crippen molar-refractivity contribution in [3.63, 3.8) is 0 Å². The summed E-state index contributed by atoms with van der Waals surface area (Å²) in [5.74, 6) is -4.77. The molecule has 2 aromatic carbocycles. The summed E-state index contributed by atoms with van der Waals surface area (Å²) in [6, 6.07) is 10.2. The van der Waals surface area contributed by atoms with Crippen molar-refractivity contribution in [1.29, 1.82) is 0 Å². The monoisotopic (exact) mass is 384 g/mol. The third-order valence-electron chi connectivity index (χ3n) is 3.40. The number of methoxy groups -OCH3 is 1. The van der Waals surface area contributed by atoms with Crippen LogP contribution in [0.5, 0.6) is 0 Å². The second kappa shape index (κ2) is 8.05. The van der Waals surface area contributed by atoms with Gasteiger partial charge in [0.2, 0.25) is 9.84 Å². The molecule has 0 spiro atoms. The molecule has 0 saturated heterocycles. The minimum atomic E-state index is -4.71. The van der Waals surface area contributed by atoms with Crippen LogP contribution < -0.4 is 0 Å². The summed E-state index contributed by atoms with van der Waals surface area (Å²) in [4.78, 5) is 22.7. The summed E-state index contributed by atoms with van der Waals surface area (Å²) in [6.45, 7) is -0.0859. The number of alkyl halides is 2. The van der Waals surface area contributed by atoms with Crippen molar-refractivity contribution in [2.45, 2.75) is 17.3 Å². The molecular weight excluding hydrogens is 370 g/mol. The number of halogens is 2. The average molecular weight is 384 g/mol. The van der Waals surface area contributed by atoms with Crippen LogP contribution in [0.2, 0.25) is 0 Å². The molecule has 0 saturated carbocycles. The van der Waals surface area contributed by atoms with Gasteiger partial charge in [0.15, 0.2) is 0 Å². The quantitative estimate of drug-likeness (QED) is 0.712. The highest BCUT2D eigenvalue weighted by atomic mass is 32.2. The van der Waals surface area contributed by atoms with Crippen LogP contribution in [0.4, 0.5) is 8.78 Å². The van der Waals surface area contributed by atoms with Crippen LogP contribution in [0.15, 0.2) is 53.4 Å². The molecule has 2 rings (SSSR count). The number of rotatable bonds is 6. The Morgan fingerprint density at radius 2 is 1.42 bits per heavy atom. The lowest BCUT2D eigenvalue weighted by Gasteiger charge is -2.07. The van der Waals surface area contributed by atoms with Gasteiger partial charge < -0.3 is 9.47 Å². The molecule has 0 amide bonds. The topological polar surface area (TPSA) is 86.7 Å². The molecule has 0 N–H and O–H groups in total. The molecule has 9 heteroatoms. The molecule has 0 fully saturated rings. The predicted molar refractivity (Wildman–Crippen MR) is 86.5 cm³/mol. The molecule has 2 aromatic rings. The van der Waals surface area contributed by atoms with Gasteiger partial charge >= 0.3 is 17.7 Å². The van der Waals surface area contributed by atoms with E-state index in [0.717, 1.165) is 24.3 Å². The van der Waals surface area contributed by atoms with Gasteiger partial charge in [-0.05, 0) is 42.0 Å². The minimum absolute atomic E-state index is 0.0180. The van der Waals surface area contributed by atoms with Crippen LogP contribution in [-0.4, -0.2) is 33.2 Å². The van der Waals surface area contributed by atoms with E-state index >= 15 is 0 Å². The van der Waals surface area contributed by atoms with E-state index in [0.29, 0.717) is 11.1 Å². The van der Waals surface area contributed by atoms with E-state index in [1.807, 2.05) is 0 Å². The lowest BCUT2D eigenvalue weighted by molar-refractivity contribution is 0.0471. The molecule has 0 aromatic heterocycles. The summed E-state index contributed by atoms with van der Waals surface area (Å²) < 4.78 is 57.2. The predicted octanol–water partition coefficient (Wildman–Crippen LogP) is 2.83. The van der Waals surface area contributed by atoms with E-state index in [-0.39, 0.29) is 12.2 Å². The highest BCUT2D eigenvalue weighted by Crippen LogP contribution is 2.19. The van der Waals surface area contributed by atoms with E-state index in [4.69, 9.17) is 4.74 Å². The first-order valence-electron chi connectivity index (χ1n) is 7.22. The fourth-order valence-electron chi connectivity index (χ4n) is 1.97. The number of carbonyl (C=O) groups is 2. The van der Waals surface area contributed by atoms with Gasteiger partial charge in [0.1, 0.15) is 6.61 Å². The Bertz CT molecular complexity index is 890. The summed E-state index contributed by atoms with van der Waals surface area (Å²) in [5.41, 5.74) is 0.978. The van der Waals surface area contributed by atoms with Crippen molar-refractivity contribution >= 4 is 21.8 Å². The zero-order chi connectivity index (χ0) is 19.3. The first kappa shape index (κ1) is 19.5. The van der Waals surface area contributed by atoms with Crippen molar-refractivity contribution in [2.75, 3.05) is 7.11 Å². The van der Waals surface area contributed by atoms with E-state index < -0.39 is 32.4 Å². The minimum Gasteiger partial charge on any atom is -0.465 e. The van der Waals surface area contributed by atoms with Crippen LogP contribution in [-0.2, 0) is 25.9 Å². The zero-order valence-corrected chi connectivity index (χ0v) is 14.3. The summed E-state index contributed by atoms with van der Waals surface area (Å²) in [7, 11) is -3.45. The highest BCUT2D eigenvalue weighted by molar-refractivity contribution is 7.91. The van der Waals surface area contributed by atoms with Gasteiger partial charge in [-0.15, -0.1) is 0 Å². The van der Waals surface area contributed by atoms with Crippen LogP contribution in [0, 0.1) is 0 Å². The van der Waals surface area contributed by atoms with Gasteiger partial charge in [-0.25, -0.2) is 18.0 Å². The third kappa shape index (κ3) is 4.42. The number of hydrogen-bond donors (Lipinski definition) is 0. The van der Waals surface area contributed by atoms with E-state index in [2.05, 4.69) is 4.74 Å². The first-order chi connectivity index (χ1) is 12.3. The number of sulfone groups is 1. The van der Waals surface area contributed by atoms with Crippen molar-refractivity contribution in [2.24, 2.45) is 0 Å². The fourth-order valence-corrected chi connectivity index (χ4v) is 2.69. The van der Waals surface area contributed by atoms with Gasteiger partial charge in [-0.3, -0.25) is 0 Å². The normalized spacial score (nSPS) is 11.2. The lowest BCUT2D eigenvalue weighted by atomic mass is 10.1. The van der Waals surface area contributed by atoms with Crippen LogP contribution >= 0.6 is 0 Å². The van der Waals surface area contributed by atoms with Gasteiger partial charge in [0.25, 0.3) is 0 Å². The maximum Gasteiger partial charge on any atom is 0.341 e. The molecule has 0 atom stereocenters. The number of esters is 2. The molecule has 0 unspecified atom stereocenters. The van der Waals surface area contributed by atoms with E-state index in [1.165, 1.54) is 19.2 Å². The van der Waals surface area contributed by atoms with Crippen molar-refractivity contribution in [1.82, 2.24) is 0 Å². The molecule has 0 aliphatic carbocycles. The largest absolute Gasteiger partial charge is 0.465 e. The molecule has 0 radical (unpaired) electrons. The molecule has 0 heterocycles. The number of benzene rings is 2. The molecule has 0 aliphatic rings. The molecule has 0 aliphatic heterocycles. The second-order valence-electron chi connectivity index (χ2n) is 5.09. The van der Waals surface area contributed by atoms with Gasteiger partial charge in [-0.2, -0.15) is 8.78 Å². The number of ether oxygens (including phenoxy) is 2. The molecule has 138 valence electrons. The van der Waals surface area contributed by atoms with Crippen LogP contribution in [0.25, 0.3) is 0 Å². The number of hydrogen-bond acceptors (Lipinski definition) is 6. The standard InChI is InChI=1S/C17H14F2O6S/c1-24-15(20)12-4-2-11(3-5-12)10-25-16(21)13-6-8-14(9-7-13)26(22,23)17(18)19/h2-9,17H,10H2,1H3. The lowest BCUT2D eigenvalue weighted by Crippen LogP contribution is -2.12. The SMILES string of the molecule is COC(=O)c1ccc(COC(=O)c2ccc(S(=O)(=O)C(F)F)cc2)cc1. The maximum absolute atomic E-state index is 12.5. The van der Waals surface area contributed by atoms with Crippen LogP contribution in [0.3, 0.4) is 0 Å². The van der Waals surface area contributed by atoms with Crippen molar-refractivity contribution in [3.05, 3.63) is 65.2 Å². The second-order valence-corrected chi connectivity index (χ2v) is 7.01. The van der Waals surface area contributed by atoms with Gasteiger partial charge in [0.05, 0.1) is 23.1 Å². The van der Waals surface area contributed by atoms with Gasteiger partial charge in [0, 0.05) is 0 Å². The first-order valence-corrected chi connectivity index (χ1v) is 8.77. The summed E-state index contributed by atoms with van der Waals surface area (Å²) >= 11 is 0. The Hall–Kier alpha value is -2.81. The third-order valence-corrected chi connectivity index (χ3v) is 4.80. The van der Waals surface area contributed by atoms with Crippen molar-refractivity contribution in [3.8, 4) is 0 Å². The molecule has 6 nitrogen and oxygen atoms in total. The Morgan fingerprint density at radius 1 is 0.923 bits per heavy atom. The summed E-state index contributed by atoms with van der Waals surface area (Å²) in [6.07, 6.45) is 0. The number of carbonyl (C=O) groups excluding carboxylic acids is 2. The maximum atomic E-state index is 12.5. The molecule has 0 bridgehead atoms. The smallest absolute Gasteiger partial charge is 0.341 e. The summed E-state index contributed by atoms with van der Waals surface area (Å²) in [5, 5.41) is 0. The van der Waals surface area contributed by atoms with E-state index in [9.17, 15) is 26.8 Å². The zero-order valence-electron chi connectivity index (χ0n) is 13.5. The Labute approximate surface area is 148 Å². The Kier molecular flexibility index (Phi) is 6.04. The Morgan fingerprint density at radius 3 is 1.92 bits per heavy atom. The van der Waals surface area contributed by atoms with E-state index in [1.54, 1.807) is 12.1 Å².